The number of imidazole rings is 1. The summed E-state index contributed by atoms with van der Waals surface area (Å²) in [5.41, 5.74) is 27.2. The molecular weight excluding hydrogens is 917 g/mol. The SMILES string of the molecule is CC1(C)c2ccccc2-c2cc3c(-c4ccc5c6c(cccc46)-c4ccccc4-5)c4ccc(-c5cccc(-c6nc7ccccc7n6-c6ccccc6)c5)cc4c(-c4ccc5c6c(cccc46)-c4ccccc4-5)c3cc21. The average molecular weight is 963 g/mol. The molecule has 0 aliphatic heterocycles. The molecule has 0 amide bonds. The van der Waals surface area contributed by atoms with Crippen LogP contribution < -0.4 is 0 Å². The molecular formula is C74H46N2. The smallest absolute Gasteiger partial charge is 0.145 e. The van der Waals surface area contributed by atoms with Crippen molar-refractivity contribution >= 4 is 54.1 Å². The van der Waals surface area contributed by atoms with E-state index >= 15 is 0 Å². The van der Waals surface area contributed by atoms with E-state index in [0.29, 0.717) is 0 Å². The lowest BCUT2D eigenvalue weighted by molar-refractivity contribution is 0.661. The molecule has 0 N–H and O–H groups in total. The lowest BCUT2D eigenvalue weighted by Crippen LogP contribution is -2.14. The van der Waals surface area contributed by atoms with Crippen LogP contribution in [0.15, 0.2) is 243 Å². The van der Waals surface area contributed by atoms with Crippen LogP contribution in [0, 0.1) is 0 Å². The third-order valence-electron chi connectivity index (χ3n) is 17.5. The van der Waals surface area contributed by atoms with E-state index in [-0.39, 0.29) is 5.41 Å². The minimum Gasteiger partial charge on any atom is -0.292 e. The second-order valence-electron chi connectivity index (χ2n) is 21.7. The van der Waals surface area contributed by atoms with Gasteiger partial charge in [0.05, 0.1) is 11.0 Å². The predicted octanol–water partition coefficient (Wildman–Crippen LogP) is 19.9. The zero-order valence-corrected chi connectivity index (χ0v) is 42.0. The van der Waals surface area contributed by atoms with Crippen LogP contribution in [-0.4, -0.2) is 9.55 Å². The zero-order valence-electron chi connectivity index (χ0n) is 42.0. The van der Waals surface area contributed by atoms with E-state index in [4.69, 9.17) is 4.98 Å². The highest BCUT2D eigenvalue weighted by molar-refractivity contribution is 6.30. The average Bonchev–Trinajstić information content (AvgIpc) is 4.32. The molecule has 0 radical (unpaired) electrons. The fourth-order valence-corrected chi connectivity index (χ4v) is 14.1. The highest BCUT2D eigenvalue weighted by Gasteiger charge is 2.37. The summed E-state index contributed by atoms with van der Waals surface area (Å²) in [6.07, 6.45) is 0. The summed E-state index contributed by atoms with van der Waals surface area (Å²) in [6.45, 7) is 4.83. The maximum Gasteiger partial charge on any atom is 0.145 e. The van der Waals surface area contributed by atoms with Gasteiger partial charge in [0.2, 0.25) is 0 Å². The van der Waals surface area contributed by atoms with Crippen LogP contribution in [0.3, 0.4) is 0 Å². The largest absolute Gasteiger partial charge is 0.292 e. The van der Waals surface area contributed by atoms with Gasteiger partial charge < -0.3 is 0 Å². The van der Waals surface area contributed by atoms with E-state index in [1.165, 1.54) is 132 Å². The van der Waals surface area contributed by atoms with Crippen LogP contribution in [0.1, 0.15) is 25.0 Å². The Labute approximate surface area is 440 Å². The van der Waals surface area contributed by atoms with Crippen molar-refractivity contribution in [2.45, 2.75) is 19.3 Å². The monoisotopic (exact) mass is 962 g/mol. The zero-order chi connectivity index (χ0) is 50.0. The third kappa shape index (κ3) is 5.57. The fraction of sp³-hybridized carbons (Fsp3) is 0.0405. The number of rotatable bonds is 5. The number of para-hydroxylation sites is 3. The van der Waals surface area contributed by atoms with E-state index in [2.05, 4.69) is 261 Å². The van der Waals surface area contributed by atoms with Gasteiger partial charge in [-0.2, -0.15) is 0 Å². The molecule has 352 valence electrons. The minimum absolute atomic E-state index is 0.206. The molecule has 0 spiro atoms. The molecule has 3 aliphatic rings. The molecule has 13 aromatic carbocycles. The Balaban J connectivity index is 0.999. The van der Waals surface area contributed by atoms with Crippen LogP contribution in [0.2, 0.25) is 0 Å². The van der Waals surface area contributed by atoms with Gasteiger partial charge in [0, 0.05) is 16.7 Å². The molecule has 0 atom stereocenters. The maximum atomic E-state index is 5.31. The van der Waals surface area contributed by atoms with Gasteiger partial charge >= 0.3 is 0 Å². The molecule has 0 bridgehead atoms. The van der Waals surface area contributed by atoms with Crippen molar-refractivity contribution in [3.63, 3.8) is 0 Å². The van der Waals surface area contributed by atoms with E-state index in [0.717, 1.165) is 39.2 Å². The first-order valence-electron chi connectivity index (χ1n) is 26.6. The number of aromatic nitrogens is 2. The summed E-state index contributed by atoms with van der Waals surface area (Å²) in [6, 6.07) is 91.1. The Morgan fingerprint density at radius 2 is 0.803 bits per heavy atom. The lowest BCUT2D eigenvalue weighted by atomic mass is 9.78. The van der Waals surface area contributed by atoms with Crippen molar-refractivity contribution in [2.75, 3.05) is 0 Å². The second-order valence-corrected chi connectivity index (χ2v) is 21.7. The van der Waals surface area contributed by atoms with Gasteiger partial charge in [-0.1, -0.05) is 208 Å². The van der Waals surface area contributed by atoms with E-state index in [1.54, 1.807) is 0 Å². The maximum absolute atomic E-state index is 5.31. The summed E-state index contributed by atoms with van der Waals surface area (Å²) in [5.74, 6) is 0.921. The molecule has 1 heterocycles. The van der Waals surface area contributed by atoms with Gasteiger partial charge in [0.25, 0.3) is 0 Å². The first-order valence-corrected chi connectivity index (χ1v) is 26.6. The number of fused-ring (bicyclic) bond motifs is 12. The standard InChI is InChI=1S/C74H46N2/c1-74(2)65-30-11-10-25-51(65)61-41-63-64(42-66(61)74)72(59-38-36-57-50-24-9-7-22-48(50)53-27-16-29-55(59)70(53)57)62-40-44(43-17-14-18-45(39-43)73-75-67-31-12-13-32-68(67)76(73)46-19-4-3-5-20-46)33-34-60(62)71(63)58-37-35-56-49-23-8-6-21-47(49)52-26-15-28-54(58)69(52)56/h3-42H,1-2H3. The van der Waals surface area contributed by atoms with Crippen molar-refractivity contribution in [1.82, 2.24) is 9.55 Å². The molecule has 0 saturated heterocycles. The van der Waals surface area contributed by atoms with Crippen molar-refractivity contribution < 1.29 is 0 Å². The number of nitrogens with zero attached hydrogens (tertiary/aromatic N) is 2. The lowest BCUT2D eigenvalue weighted by Gasteiger charge is -2.25. The summed E-state index contributed by atoms with van der Waals surface area (Å²) in [7, 11) is 0. The summed E-state index contributed by atoms with van der Waals surface area (Å²) in [4.78, 5) is 5.31. The van der Waals surface area contributed by atoms with Gasteiger partial charge in [0.1, 0.15) is 5.82 Å². The van der Waals surface area contributed by atoms with Crippen LogP contribution >= 0.6 is 0 Å². The van der Waals surface area contributed by atoms with Crippen molar-refractivity contribution in [3.05, 3.63) is 254 Å². The molecule has 2 heteroatoms. The number of hydrogen-bond donors (Lipinski definition) is 0. The Bertz CT molecular complexity index is 4840. The van der Waals surface area contributed by atoms with Crippen LogP contribution in [0.4, 0.5) is 0 Å². The van der Waals surface area contributed by atoms with Gasteiger partial charge in [0.15, 0.2) is 0 Å². The predicted molar refractivity (Wildman–Crippen MR) is 319 cm³/mol. The summed E-state index contributed by atoms with van der Waals surface area (Å²) >= 11 is 0. The van der Waals surface area contributed by atoms with Crippen molar-refractivity contribution in [2.24, 2.45) is 0 Å². The van der Waals surface area contributed by atoms with Gasteiger partial charge in [-0.05, 0) is 192 Å². The Morgan fingerprint density at radius 1 is 0.303 bits per heavy atom. The molecule has 2 nitrogen and oxygen atoms in total. The summed E-state index contributed by atoms with van der Waals surface area (Å²) in [5, 5.41) is 10.2. The molecule has 1 aromatic heterocycles. The van der Waals surface area contributed by atoms with Crippen LogP contribution in [-0.2, 0) is 5.41 Å². The van der Waals surface area contributed by atoms with E-state index < -0.39 is 0 Å². The molecule has 14 aromatic rings. The topological polar surface area (TPSA) is 17.8 Å². The fourth-order valence-electron chi connectivity index (χ4n) is 14.1. The molecule has 17 rings (SSSR count). The minimum atomic E-state index is -0.206. The quantitative estimate of drug-likeness (QED) is 0.157. The molecule has 0 saturated carbocycles. The van der Waals surface area contributed by atoms with Gasteiger partial charge in [-0.25, -0.2) is 4.98 Å². The van der Waals surface area contributed by atoms with E-state index in [9.17, 15) is 0 Å². The van der Waals surface area contributed by atoms with Crippen molar-refractivity contribution in [1.29, 1.82) is 0 Å². The third-order valence-corrected chi connectivity index (χ3v) is 17.5. The normalized spacial score (nSPS) is 13.2. The Hall–Kier alpha value is -9.63. The highest BCUT2D eigenvalue weighted by Crippen LogP contribution is 2.57. The van der Waals surface area contributed by atoms with Gasteiger partial charge in [-0.3, -0.25) is 4.57 Å². The second kappa shape index (κ2) is 15.2. The number of hydrogen-bond acceptors (Lipinski definition) is 1. The molecule has 0 fully saturated rings. The highest BCUT2D eigenvalue weighted by atomic mass is 15.1. The van der Waals surface area contributed by atoms with E-state index in [1.807, 2.05) is 0 Å². The molecule has 76 heavy (non-hydrogen) atoms. The van der Waals surface area contributed by atoms with Gasteiger partial charge in [-0.15, -0.1) is 0 Å². The van der Waals surface area contributed by atoms with Crippen molar-refractivity contribution in [3.8, 4) is 106 Å². The first-order chi connectivity index (χ1) is 37.5. The van der Waals surface area contributed by atoms with Crippen LogP contribution in [0.5, 0.6) is 0 Å². The molecule has 3 aliphatic carbocycles. The first kappa shape index (κ1) is 41.8. The summed E-state index contributed by atoms with van der Waals surface area (Å²) < 4.78 is 2.30. The van der Waals surface area contributed by atoms with Crippen LogP contribution in [0.25, 0.3) is 160 Å². The Kier molecular flexibility index (Phi) is 8.38. The Morgan fingerprint density at radius 3 is 1.49 bits per heavy atom. The number of benzene rings is 13. The molecule has 0 unspecified atom stereocenters.